The number of amides is 1. The highest BCUT2D eigenvalue weighted by atomic mass is 16.5. The van der Waals surface area contributed by atoms with Crippen LogP contribution in [0.1, 0.15) is 31.7 Å². The minimum atomic E-state index is -1.22. The number of ether oxygens (including phenoxy) is 1. The fourth-order valence-corrected chi connectivity index (χ4v) is 2.19. The second kappa shape index (κ2) is 6.13. The highest BCUT2D eigenvalue weighted by Gasteiger charge is 2.26. The number of aryl methyl sites for hydroxylation is 1. The number of carbonyl (C=O) groups excluding carboxylic acids is 1. The van der Waals surface area contributed by atoms with Crippen molar-refractivity contribution >= 4 is 17.6 Å². The monoisotopic (exact) mass is 292 g/mol. The van der Waals surface area contributed by atoms with Gasteiger partial charge in [-0.3, -0.25) is 9.59 Å². The summed E-state index contributed by atoms with van der Waals surface area (Å²) in [5.74, 6) is -0.252. The van der Waals surface area contributed by atoms with Crippen molar-refractivity contribution in [2.75, 3.05) is 11.9 Å². The van der Waals surface area contributed by atoms with E-state index in [2.05, 4.69) is 5.32 Å². The van der Waals surface area contributed by atoms with Gasteiger partial charge in [-0.25, -0.2) is 0 Å². The third-order valence-corrected chi connectivity index (χ3v) is 3.57. The van der Waals surface area contributed by atoms with Gasteiger partial charge in [0.2, 0.25) is 5.91 Å². The maximum absolute atomic E-state index is 11.3. The number of hydrogen-bond acceptors (Lipinski definition) is 4. The van der Waals surface area contributed by atoms with E-state index in [0.29, 0.717) is 32.3 Å². The van der Waals surface area contributed by atoms with Gasteiger partial charge in [-0.2, -0.15) is 0 Å². The molecule has 0 saturated heterocycles. The average molecular weight is 292 g/mol. The quantitative estimate of drug-likeness (QED) is 0.690. The van der Waals surface area contributed by atoms with Gasteiger partial charge in [-0.15, -0.1) is 0 Å². The van der Waals surface area contributed by atoms with Gasteiger partial charge in [0.1, 0.15) is 11.3 Å². The maximum Gasteiger partial charge on any atom is 0.323 e. The summed E-state index contributed by atoms with van der Waals surface area (Å²) in [5.41, 5.74) is 6.32. The standard InChI is InChI=1S/C15H20N2O4/c1-15(16,14(19)20)7-2-8-21-11-4-5-12-10(9-11)3-6-13(18)17-12/h4-5,9H,2-3,6-8,16H2,1H3,(H,17,18)(H,19,20). The van der Waals surface area contributed by atoms with Crippen LogP contribution in [0.3, 0.4) is 0 Å². The van der Waals surface area contributed by atoms with Crippen LogP contribution >= 0.6 is 0 Å². The van der Waals surface area contributed by atoms with Gasteiger partial charge >= 0.3 is 5.97 Å². The van der Waals surface area contributed by atoms with Crippen molar-refractivity contribution in [1.82, 2.24) is 0 Å². The second-order valence-corrected chi connectivity index (χ2v) is 5.54. The Balaban J connectivity index is 1.85. The molecule has 1 aliphatic heterocycles. The molecule has 1 aromatic rings. The molecule has 0 aromatic heterocycles. The molecule has 6 heteroatoms. The molecule has 0 aliphatic carbocycles. The predicted octanol–water partition coefficient (Wildman–Crippen LogP) is 1.53. The third kappa shape index (κ3) is 3.95. The zero-order valence-electron chi connectivity index (χ0n) is 12.0. The first kappa shape index (κ1) is 15.3. The van der Waals surface area contributed by atoms with Crippen LogP contribution < -0.4 is 15.8 Å². The topological polar surface area (TPSA) is 102 Å². The van der Waals surface area contributed by atoms with E-state index in [0.717, 1.165) is 17.0 Å². The minimum Gasteiger partial charge on any atom is -0.494 e. The molecule has 0 bridgehead atoms. The zero-order valence-corrected chi connectivity index (χ0v) is 12.0. The summed E-state index contributed by atoms with van der Waals surface area (Å²) in [6.07, 6.45) is 2.11. The molecule has 1 aromatic carbocycles. The lowest BCUT2D eigenvalue weighted by Gasteiger charge is -2.19. The number of carboxylic acid groups (broad SMARTS) is 1. The molecule has 1 heterocycles. The Kier molecular flexibility index (Phi) is 4.47. The Morgan fingerprint density at radius 1 is 1.48 bits per heavy atom. The number of carbonyl (C=O) groups is 2. The van der Waals surface area contributed by atoms with Crippen LogP contribution in [0.2, 0.25) is 0 Å². The fraction of sp³-hybridized carbons (Fsp3) is 0.467. The van der Waals surface area contributed by atoms with Gasteiger partial charge < -0.3 is 20.9 Å². The van der Waals surface area contributed by atoms with Crippen LogP contribution in [0.4, 0.5) is 5.69 Å². The largest absolute Gasteiger partial charge is 0.494 e. The van der Waals surface area contributed by atoms with Gasteiger partial charge in [0.05, 0.1) is 6.61 Å². The molecular weight excluding hydrogens is 272 g/mol. The van der Waals surface area contributed by atoms with Gasteiger partial charge in [-0.1, -0.05) is 0 Å². The summed E-state index contributed by atoms with van der Waals surface area (Å²) in [6.45, 7) is 1.90. The van der Waals surface area contributed by atoms with Crippen molar-refractivity contribution < 1.29 is 19.4 Å². The molecule has 4 N–H and O–H groups in total. The lowest BCUT2D eigenvalue weighted by Crippen LogP contribution is -2.44. The van der Waals surface area contributed by atoms with E-state index in [1.165, 1.54) is 6.92 Å². The van der Waals surface area contributed by atoms with E-state index in [-0.39, 0.29) is 5.91 Å². The predicted molar refractivity (Wildman–Crippen MR) is 78.3 cm³/mol. The molecule has 1 amide bonds. The van der Waals surface area contributed by atoms with Crippen LogP contribution in [-0.4, -0.2) is 29.1 Å². The average Bonchev–Trinajstić information content (AvgIpc) is 2.43. The van der Waals surface area contributed by atoms with Crippen LogP contribution in [-0.2, 0) is 16.0 Å². The molecule has 0 saturated carbocycles. The minimum absolute atomic E-state index is 0.0343. The van der Waals surface area contributed by atoms with Gasteiger partial charge in [0.15, 0.2) is 0 Å². The molecule has 114 valence electrons. The molecule has 0 spiro atoms. The van der Waals surface area contributed by atoms with Gasteiger partial charge in [0.25, 0.3) is 0 Å². The lowest BCUT2D eigenvalue weighted by atomic mass is 9.98. The number of nitrogens with one attached hydrogen (secondary N) is 1. The van der Waals surface area contributed by atoms with Crippen molar-refractivity contribution in [3.63, 3.8) is 0 Å². The first-order valence-electron chi connectivity index (χ1n) is 6.96. The molecular formula is C15H20N2O4. The number of rotatable bonds is 6. The fourth-order valence-electron chi connectivity index (χ4n) is 2.19. The zero-order chi connectivity index (χ0) is 15.5. The normalized spacial score (nSPS) is 16.6. The number of carboxylic acids is 1. The van der Waals surface area contributed by atoms with Crippen molar-refractivity contribution in [1.29, 1.82) is 0 Å². The third-order valence-electron chi connectivity index (χ3n) is 3.57. The highest BCUT2D eigenvalue weighted by molar-refractivity contribution is 5.94. The number of aliphatic carboxylic acids is 1. The Hall–Kier alpha value is -2.08. The summed E-state index contributed by atoms with van der Waals surface area (Å²) in [5, 5.41) is 11.7. The van der Waals surface area contributed by atoms with Crippen LogP contribution in [0.5, 0.6) is 5.75 Å². The van der Waals surface area contributed by atoms with E-state index < -0.39 is 11.5 Å². The maximum atomic E-state index is 11.3. The van der Waals surface area contributed by atoms with E-state index in [1.807, 2.05) is 12.1 Å². The summed E-state index contributed by atoms with van der Waals surface area (Å²) < 4.78 is 5.61. The summed E-state index contributed by atoms with van der Waals surface area (Å²) >= 11 is 0. The molecule has 1 aliphatic rings. The molecule has 0 radical (unpaired) electrons. The molecule has 6 nitrogen and oxygen atoms in total. The second-order valence-electron chi connectivity index (χ2n) is 5.54. The van der Waals surface area contributed by atoms with Crippen LogP contribution in [0, 0.1) is 0 Å². The van der Waals surface area contributed by atoms with E-state index >= 15 is 0 Å². The summed E-state index contributed by atoms with van der Waals surface area (Å²) in [6, 6.07) is 5.53. The van der Waals surface area contributed by atoms with Crippen molar-refractivity contribution in [2.24, 2.45) is 5.73 Å². The smallest absolute Gasteiger partial charge is 0.323 e. The Morgan fingerprint density at radius 3 is 2.95 bits per heavy atom. The highest BCUT2D eigenvalue weighted by Crippen LogP contribution is 2.27. The molecule has 2 rings (SSSR count). The number of hydrogen-bond donors (Lipinski definition) is 3. The van der Waals surface area contributed by atoms with Crippen LogP contribution in [0.15, 0.2) is 18.2 Å². The SMILES string of the molecule is CC(N)(CCCOc1ccc2c(c1)CCC(=O)N2)C(=O)O. The van der Waals surface area contributed by atoms with E-state index in [4.69, 9.17) is 15.6 Å². The number of fused-ring (bicyclic) bond motifs is 1. The van der Waals surface area contributed by atoms with E-state index in [1.54, 1.807) is 6.07 Å². The number of benzene rings is 1. The van der Waals surface area contributed by atoms with Crippen molar-refractivity contribution in [2.45, 2.75) is 38.1 Å². The summed E-state index contributed by atoms with van der Waals surface area (Å²) in [4.78, 5) is 22.1. The Labute approximate surface area is 123 Å². The molecule has 0 fully saturated rings. The first-order chi connectivity index (χ1) is 9.88. The Morgan fingerprint density at radius 2 is 2.24 bits per heavy atom. The van der Waals surface area contributed by atoms with Gasteiger partial charge in [0, 0.05) is 12.1 Å². The van der Waals surface area contributed by atoms with Crippen molar-refractivity contribution in [3.8, 4) is 5.75 Å². The van der Waals surface area contributed by atoms with Crippen molar-refractivity contribution in [3.05, 3.63) is 23.8 Å². The lowest BCUT2D eigenvalue weighted by molar-refractivity contribution is -0.143. The molecule has 1 atom stereocenters. The number of nitrogens with two attached hydrogens (primary N) is 1. The van der Waals surface area contributed by atoms with E-state index in [9.17, 15) is 9.59 Å². The molecule has 21 heavy (non-hydrogen) atoms. The first-order valence-corrected chi connectivity index (χ1v) is 6.96. The summed E-state index contributed by atoms with van der Waals surface area (Å²) in [7, 11) is 0. The number of anilines is 1. The Bertz CT molecular complexity index is 555. The van der Waals surface area contributed by atoms with Crippen LogP contribution in [0.25, 0.3) is 0 Å². The molecule has 1 unspecified atom stereocenters. The van der Waals surface area contributed by atoms with Gasteiger partial charge in [-0.05, 0) is 49.9 Å².